The average Bonchev–Trinajstić information content (AvgIpc) is 2.50. The second kappa shape index (κ2) is 9.18. The molecule has 0 fully saturated rings. The molecule has 5 heteroatoms. The predicted molar refractivity (Wildman–Crippen MR) is 91.7 cm³/mol. The van der Waals surface area contributed by atoms with Crippen molar-refractivity contribution in [3.05, 3.63) is 29.3 Å². The van der Waals surface area contributed by atoms with Crippen LogP contribution in [0.15, 0.2) is 18.2 Å². The third-order valence-electron chi connectivity index (χ3n) is 3.47. The van der Waals surface area contributed by atoms with Crippen molar-refractivity contribution in [2.45, 2.75) is 53.0 Å². The molecule has 23 heavy (non-hydrogen) atoms. The predicted octanol–water partition coefficient (Wildman–Crippen LogP) is 2.53. The maximum Gasteiger partial charge on any atom is 0.258 e. The second-order valence-electron chi connectivity index (χ2n) is 6.06. The van der Waals surface area contributed by atoms with Gasteiger partial charge < -0.3 is 15.4 Å². The molecule has 0 aliphatic carbocycles. The summed E-state index contributed by atoms with van der Waals surface area (Å²) in [6, 6.07) is 5.41. The minimum atomic E-state index is -0.570. The minimum absolute atomic E-state index is 0.103. The third kappa shape index (κ3) is 6.30. The fourth-order valence-electron chi connectivity index (χ4n) is 2.14. The first kappa shape index (κ1) is 19.0. The van der Waals surface area contributed by atoms with Gasteiger partial charge in [-0.05, 0) is 43.4 Å². The Kier molecular flexibility index (Phi) is 7.59. The number of amides is 2. The van der Waals surface area contributed by atoms with Gasteiger partial charge >= 0.3 is 0 Å². The number of carbonyl (C=O) groups is 2. The number of rotatable bonds is 8. The summed E-state index contributed by atoms with van der Waals surface area (Å²) in [5, 5.41) is 5.39. The van der Waals surface area contributed by atoms with E-state index >= 15 is 0 Å². The summed E-state index contributed by atoms with van der Waals surface area (Å²) in [5.74, 6) is 0.546. The summed E-state index contributed by atoms with van der Waals surface area (Å²) in [7, 11) is 0. The molecule has 0 heterocycles. The fraction of sp³-hybridized carbons (Fsp3) is 0.556. The first-order valence-electron chi connectivity index (χ1n) is 8.15. The molecule has 1 aromatic rings. The van der Waals surface area contributed by atoms with Crippen LogP contribution in [0.5, 0.6) is 5.75 Å². The molecule has 128 valence electrons. The van der Waals surface area contributed by atoms with Crippen LogP contribution in [0.1, 0.15) is 51.2 Å². The SMILES string of the molecule is CCCNC(=O)[C@@H](C)NC(=O)COc1cc(C)ccc1C(C)C. The smallest absolute Gasteiger partial charge is 0.258 e. The Morgan fingerprint density at radius 3 is 2.52 bits per heavy atom. The topological polar surface area (TPSA) is 67.4 Å². The zero-order valence-corrected chi connectivity index (χ0v) is 14.7. The van der Waals surface area contributed by atoms with Crippen molar-refractivity contribution in [3.63, 3.8) is 0 Å². The molecule has 0 spiro atoms. The van der Waals surface area contributed by atoms with Crippen molar-refractivity contribution in [3.8, 4) is 5.75 Å². The Hall–Kier alpha value is -2.04. The van der Waals surface area contributed by atoms with Crippen molar-refractivity contribution in [1.29, 1.82) is 0 Å². The summed E-state index contributed by atoms with van der Waals surface area (Å²) >= 11 is 0. The Bertz CT molecular complexity index is 541. The van der Waals surface area contributed by atoms with Crippen LogP contribution in [-0.4, -0.2) is 31.0 Å². The van der Waals surface area contributed by atoms with E-state index in [2.05, 4.69) is 24.5 Å². The lowest BCUT2D eigenvalue weighted by atomic mass is 10.0. The van der Waals surface area contributed by atoms with Crippen molar-refractivity contribution in [2.24, 2.45) is 0 Å². The highest BCUT2D eigenvalue weighted by Gasteiger charge is 2.16. The maximum atomic E-state index is 12.0. The molecule has 2 amide bonds. The maximum absolute atomic E-state index is 12.0. The summed E-state index contributed by atoms with van der Waals surface area (Å²) < 4.78 is 5.66. The molecule has 1 atom stereocenters. The van der Waals surface area contributed by atoms with E-state index in [0.717, 1.165) is 23.3 Å². The quantitative estimate of drug-likeness (QED) is 0.773. The van der Waals surface area contributed by atoms with Crippen molar-refractivity contribution >= 4 is 11.8 Å². The van der Waals surface area contributed by atoms with E-state index in [1.165, 1.54) is 0 Å². The molecule has 1 aromatic carbocycles. The molecule has 0 unspecified atom stereocenters. The summed E-state index contributed by atoms with van der Waals surface area (Å²) in [6.45, 7) is 10.3. The third-order valence-corrected chi connectivity index (χ3v) is 3.47. The standard InChI is InChI=1S/C18H28N2O3/c1-6-9-19-18(22)14(5)20-17(21)11-23-16-10-13(4)7-8-15(16)12(2)3/h7-8,10,12,14H,6,9,11H2,1-5H3,(H,19,22)(H,20,21)/t14-/m1/s1. The first-order chi connectivity index (χ1) is 10.8. The largest absolute Gasteiger partial charge is 0.483 e. The van der Waals surface area contributed by atoms with Crippen LogP contribution in [0.2, 0.25) is 0 Å². The zero-order valence-electron chi connectivity index (χ0n) is 14.7. The van der Waals surface area contributed by atoms with Crippen molar-refractivity contribution in [2.75, 3.05) is 13.2 Å². The Morgan fingerprint density at radius 2 is 1.91 bits per heavy atom. The molecule has 2 N–H and O–H groups in total. The van der Waals surface area contributed by atoms with Crippen LogP contribution in [0.25, 0.3) is 0 Å². The number of hydrogen-bond donors (Lipinski definition) is 2. The van der Waals surface area contributed by atoms with Gasteiger partial charge in [0.15, 0.2) is 6.61 Å². The Morgan fingerprint density at radius 1 is 1.22 bits per heavy atom. The molecule has 0 bridgehead atoms. The van der Waals surface area contributed by atoms with Gasteiger partial charge in [0.2, 0.25) is 5.91 Å². The van der Waals surface area contributed by atoms with Gasteiger partial charge in [0.05, 0.1) is 0 Å². The molecule has 5 nitrogen and oxygen atoms in total. The first-order valence-corrected chi connectivity index (χ1v) is 8.15. The fourth-order valence-corrected chi connectivity index (χ4v) is 2.14. The van der Waals surface area contributed by atoms with Gasteiger partial charge in [-0.1, -0.05) is 32.9 Å². The Balaban J connectivity index is 2.56. The van der Waals surface area contributed by atoms with Crippen molar-refractivity contribution < 1.29 is 14.3 Å². The Labute approximate surface area is 138 Å². The number of benzene rings is 1. The van der Waals surface area contributed by atoms with E-state index in [-0.39, 0.29) is 18.4 Å². The normalized spacial score (nSPS) is 11.9. The second-order valence-corrected chi connectivity index (χ2v) is 6.06. The van der Waals surface area contributed by atoms with Crippen LogP contribution >= 0.6 is 0 Å². The molecule has 0 aliphatic rings. The number of hydrogen-bond acceptors (Lipinski definition) is 3. The lowest BCUT2D eigenvalue weighted by Crippen LogP contribution is -2.46. The van der Waals surface area contributed by atoms with Gasteiger partial charge in [-0.15, -0.1) is 0 Å². The van der Waals surface area contributed by atoms with Crippen molar-refractivity contribution in [1.82, 2.24) is 10.6 Å². The lowest BCUT2D eigenvalue weighted by molar-refractivity contribution is -0.129. The summed E-state index contributed by atoms with van der Waals surface area (Å²) in [4.78, 5) is 23.7. The molecule has 0 radical (unpaired) electrons. The molecular weight excluding hydrogens is 292 g/mol. The van der Waals surface area contributed by atoms with E-state index in [0.29, 0.717) is 12.5 Å². The van der Waals surface area contributed by atoms with Crippen LogP contribution in [0.4, 0.5) is 0 Å². The van der Waals surface area contributed by atoms with E-state index in [9.17, 15) is 9.59 Å². The van der Waals surface area contributed by atoms with Crippen LogP contribution < -0.4 is 15.4 Å². The van der Waals surface area contributed by atoms with Crippen LogP contribution in [0, 0.1) is 6.92 Å². The molecule has 0 aliphatic heterocycles. The highest BCUT2D eigenvalue weighted by atomic mass is 16.5. The molecular formula is C18H28N2O3. The number of aryl methyl sites for hydroxylation is 1. The van der Waals surface area contributed by atoms with E-state index in [1.54, 1.807) is 6.92 Å². The van der Waals surface area contributed by atoms with Gasteiger partial charge in [-0.3, -0.25) is 9.59 Å². The van der Waals surface area contributed by atoms with E-state index in [1.807, 2.05) is 32.0 Å². The van der Waals surface area contributed by atoms with Gasteiger partial charge in [0.25, 0.3) is 5.91 Å². The van der Waals surface area contributed by atoms with E-state index < -0.39 is 6.04 Å². The molecule has 0 saturated carbocycles. The zero-order chi connectivity index (χ0) is 17.4. The summed E-state index contributed by atoms with van der Waals surface area (Å²) in [6.07, 6.45) is 0.862. The van der Waals surface area contributed by atoms with Gasteiger partial charge in [0, 0.05) is 6.54 Å². The molecule has 0 aromatic heterocycles. The minimum Gasteiger partial charge on any atom is -0.483 e. The van der Waals surface area contributed by atoms with Gasteiger partial charge in [-0.2, -0.15) is 0 Å². The van der Waals surface area contributed by atoms with Gasteiger partial charge in [-0.25, -0.2) is 0 Å². The lowest BCUT2D eigenvalue weighted by Gasteiger charge is -2.16. The highest BCUT2D eigenvalue weighted by Crippen LogP contribution is 2.27. The average molecular weight is 320 g/mol. The highest BCUT2D eigenvalue weighted by molar-refractivity contribution is 5.87. The number of nitrogens with one attached hydrogen (secondary N) is 2. The van der Waals surface area contributed by atoms with Gasteiger partial charge in [0.1, 0.15) is 11.8 Å². The van der Waals surface area contributed by atoms with E-state index in [4.69, 9.17) is 4.74 Å². The molecule has 1 rings (SSSR count). The number of ether oxygens (including phenoxy) is 1. The molecule has 0 saturated heterocycles. The van der Waals surface area contributed by atoms with Crippen LogP contribution in [-0.2, 0) is 9.59 Å². The van der Waals surface area contributed by atoms with Crippen LogP contribution in [0.3, 0.4) is 0 Å². The monoisotopic (exact) mass is 320 g/mol. The number of carbonyl (C=O) groups excluding carboxylic acids is 2. The summed E-state index contributed by atoms with van der Waals surface area (Å²) in [5.41, 5.74) is 2.15.